The van der Waals surface area contributed by atoms with E-state index in [2.05, 4.69) is 25.4 Å². The van der Waals surface area contributed by atoms with Crippen LogP contribution in [0, 0.1) is 33.5 Å². The van der Waals surface area contributed by atoms with E-state index < -0.39 is 142 Å². The average Bonchev–Trinajstić information content (AvgIpc) is 1.57. The minimum atomic E-state index is -3.88. The van der Waals surface area contributed by atoms with Crippen molar-refractivity contribution in [3.8, 4) is 34.3 Å². The van der Waals surface area contributed by atoms with Crippen LogP contribution in [0.2, 0.25) is 0 Å². The van der Waals surface area contributed by atoms with Gasteiger partial charge in [0.2, 0.25) is 49.5 Å². The van der Waals surface area contributed by atoms with Crippen LogP contribution < -0.4 is 40.6 Å². The third-order valence-corrected chi connectivity index (χ3v) is 25.4. The minimum Gasteiger partial charge on any atom is -0.480 e. The van der Waals surface area contributed by atoms with Crippen molar-refractivity contribution in [2.45, 2.75) is 220 Å². The molecular formula is C84H111ClN12O17S2. The van der Waals surface area contributed by atoms with Crippen LogP contribution in [0.4, 0.5) is 9.59 Å². The van der Waals surface area contributed by atoms with Crippen LogP contribution in [0.15, 0.2) is 109 Å². The summed E-state index contributed by atoms with van der Waals surface area (Å²) in [5.41, 5.74) is 7.60. The maximum atomic E-state index is 14.7. The number of sulfonamides is 2. The van der Waals surface area contributed by atoms with Crippen molar-refractivity contribution in [2.75, 3.05) is 26.3 Å². The third kappa shape index (κ3) is 20.7. The molecule has 6 aromatic rings. The fourth-order valence-electron chi connectivity index (χ4n) is 14.4. The van der Waals surface area contributed by atoms with E-state index in [1.165, 1.54) is 9.80 Å². The lowest BCUT2D eigenvalue weighted by Gasteiger charge is -2.35. The molecule has 2 aromatic heterocycles. The number of benzene rings is 4. The van der Waals surface area contributed by atoms with Gasteiger partial charge in [0.25, 0.3) is 11.8 Å². The molecule has 628 valence electrons. The van der Waals surface area contributed by atoms with Gasteiger partial charge in [0.05, 0.1) is 51.2 Å². The van der Waals surface area contributed by atoms with Gasteiger partial charge in [-0.15, -0.1) is 12.4 Å². The number of cyclic esters (lactones) is 2. The Morgan fingerprint density at radius 2 is 0.966 bits per heavy atom. The zero-order valence-electron chi connectivity index (χ0n) is 66.2. The van der Waals surface area contributed by atoms with Gasteiger partial charge in [0, 0.05) is 34.8 Å². The van der Waals surface area contributed by atoms with Gasteiger partial charge in [0.1, 0.15) is 66.5 Å². The summed E-state index contributed by atoms with van der Waals surface area (Å²) in [7, 11) is -7.32. The summed E-state index contributed by atoms with van der Waals surface area (Å²) in [4.78, 5) is 129. The second-order valence-corrected chi connectivity index (χ2v) is 38.4. The molecular weight excluding hydrogens is 1550 g/mol. The molecule has 32 heteroatoms. The lowest BCUT2D eigenvalue weighted by Crippen LogP contribution is -2.60. The number of hydrogen-bond donors (Lipinski definition) is 7. The molecule has 2 saturated heterocycles. The molecule has 4 saturated carbocycles. The lowest BCUT2D eigenvalue weighted by atomic mass is 9.85. The Hall–Kier alpha value is -9.85. The summed E-state index contributed by atoms with van der Waals surface area (Å²) in [6.07, 6.45) is 9.32. The number of alkyl carbamates (subject to hydrolysis) is 2. The average molecular weight is 1660 g/mol. The van der Waals surface area contributed by atoms with Crippen molar-refractivity contribution >= 4 is 114 Å². The number of aromatic nitrogens is 4. The van der Waals surface area contributed by atoms with E-state index in [1.54, 1.807) is 41.5 Å². The second kappa shape index (κ2) is 34.8. The highest BCUT2D eigenvalue weighted by Crippen LogP contribution is 2.48. The van der Waals surface area contributed by atoms with Crippen molar-refractivity contribution in [1.82, 2.24) is 55.1 Å². The number of nitrogens with zero attached hydrogens (tertiary/aromatic N) is 6. The van der Waals surface area contributed by atoms with Crippen LogP contribution in [0.5, 0.6) is 11.8 Å². The van der Waals surface area contributed by atoms with Crippen LogP contribution in [-0.4, -0.2) is 184 Å². The summed E-state index contributed by atoms with van der Waals surface area (Å²) in [6, 6.07) is 25.9. The quantitative estimate of drug-likeness (QED) is 0.0633. The van der Waals surface area contributed by atoms with Crippen LogP contribution in [0.25, 0.3) is 56.7 Å². The Balaban J connectivity index is 0.000000225. The largest absolute Gasteiger partial charge is 0.480 e. The first kappa shape index (κ1) is 90.1. The molecule has 4 aliphatic carbocycles. The number of carbonyl (C=O) groups excluding carboxylic acids is 7. The number of amides is 7. The van der Waals surface area contributed by atoms with Gasteiger partial charge >= 0.3 is 18.2 Å². The van der Waals surface area contributed by atoms with Gasteiger partial charge in [0.15, 0.2) is 0 Å². The van der Waals surface area contributed by atoms with E-state index in [9.17, 15) is 60.3 Å². The first-order chi connectivity index (χ1) is 53.1. The molecule has 0 unspecified atom stereocenters. The van der Waals surface area contributed by atoms with E-state index in [0.717, 1.165) is 28.7 Å². The zero-order chi connectivity index (χ0) is 81.7. The van der Waals surface area contributed by atoms with Crippen molar-refractivity contribution in [3.05, 3.63) is 120 Å². The fourth-order valence-corrected chi connectivity index (χ4v) is 17.2. The maximum absolute atomic E-state index is 14.7. The minimum absolute atomic E-state index is 0. The first-order valence-corrected chi connectivity index (χ1v) is 41.6. The van der Waals surface area contributed by atoms with E-state index in [4.69, 9.17) is 44.6 Å². The van der Waals surface area contributed by atoms with Gasteiger partial charge < -0.3 is 55.5 Å². The van der Waals surface area contributed by atoms with Gasteiger partial charge in [-0.3, -0.25) is 33.4 Å². The smallest absolute Gasteiger partial charge is 0.407 e. The molecule has 14 rings (SSSR count). The molecule has 6 fully saturated rings. The number of rotatable bonds is 11. The standard InChI is InChI=1S/C41H50N6O8S.C32H36N4O6.C9H16N2O3S.2CH4.ClH/c1-7-26-21-41(26,37(50)46-56(52,53)28-15-16-28)45-34(48)31-20-27-22-47(31)36(49)33(39(2,3)4)44-38(51)54-23-40(5,6)18-17-24-11-10-12-25(19-24)32-35(55-27)43-30-14-9-8-13-29(30)42-32;1-31(2,3)26-28(37)36-17-21(16-24(36)29(38)39)42-27-25(33-22-11-6-7-12-23(22)34-27)20-10-8-9-19(15-20)13-14-32(4,5)18-41-30(40)35-26;1-2-6-5-9(6,10)8(12)11-15(13,14)7-3-4-7;;;/h8-14,17-19,26-28,31,33H,7,15-16,20-23H2,1-6H3,(H,44,51)(H,45,48)(H,46,50);6-15,21,24,26H,16-18H2,1-5H3,(H,35,40)(H,38,39);6-7H,2-5,10H2,1H3,(H,11,12);2*1H4;1H/b18-17+;14-13+;;;;/t26-,27-,31+,33-,41-;21-,24+,26-;6-,9-;;;/m111.../s1. The number of nitrogens with two attached hydrogens (primary N) is 1. The molecule has 6 heterocycles. The van der Waals surface area contributed by atoms with Crippen LogP contribution in [0.1, 0.15) is 173 Å². The molecule has 8 aliphatic rings. The van der Waals surface area contributed by atoms with Gasteiger partial charge in [-0.2, -0.15) is 0 Å². The Labute approximate surface area is 685 Å². The van der Waals surface area contributed by atoms with Crippen molar-refractivity contribution in [3.63, 3.8) is 0 Å². The van der Waals surface area contributed by atoms with Gasteiger partial charge in [-0.05, 0) is 109 Å². The molecule has 116 heavy (non-hydrogen) atoms. The number of aliphatic carboxylic acids is 1. The zero-order valence-corrected chi connectivity index (χ0v) is 68.6. The first-order valence-electron chi connectivity index (χ1n) is 38.5. The van der Waals surface area contributed by atoms with Gasteiger partial charge in [-0.1, -0.05) is 196 Å². The summed E-state index contributed by atoms with van der Waals surface area (Å²) in [6.45, 7) is 22.4. The number of halogens is 1. The number of carboxylic acid groups (broad SMARTS) is 1. The van der Waals surface area contributed by atoms with Crippen LogP contribution in [-0.2, 0) is 58.3 Å². The molecule has 0 radical (unpaired) electrons. The second-order valence-electron chi connectivity index (χ2n) is 34.4. The topological polar surface area (TPSA) is 406 Å². The maximum Gasteiger partial charge on any atom is 0.407 e. The number of nitrogens with one attached hydrogen (secondary N) is 5. The monoisotopic (exact) mass is 1660 g/mol. The molecule has 4 aromatic carbocycles. The summed E-state index contributed by atoms with van der Waals surface area (Å²) < 4.78 is 77.1. The Kier molecular flexibility index (Phi) is 27.0. The number of carbonyl (C=O) groups is 8. The number of carboxylic acids is 1. The van der Waals surface area contributed by atoms with Crippen molar-refractivity contribution < 1.29 is 79.2 Å². The van der Waals surface area contributed by atoms with E-state index in [0.29, 0.717) is 72.0 Å². The van der Waals surface area contributed by atoms with E-state index >= 15 is 0 Å². The van der Waals surface area contributed by atoms with Crippen LogP contribution in [0.3, 0.4) is 0 Å². The highest BCUT2D eigenvalue weighted by Gasteiger charge is 2.63. The van der Waals surface area contributed by atoms with Crippen molar-refractivity contribution in [1.29, 1.82) is 0 Å². The molecule has 8 N–H and O–H groups in total. The number of para-hydroxylation sites is 4. The Morgan fingerprint density at radius 3 is 1.34 bits per heavy atom. The predicted molar refractivity (Wildman–Crippen MR) is 443 cm³/mol. The van der Waals surface area contributed by atoms with E-state index in [-0.39, 0.29) is 102 Å². The molecule has 4 aliphatic heterocycles. The molecule has 0 spiro atoms. The molecule has 10 atom stereocenters. The highest BCUT2D eigenvalue weighted by atomic mass is 35.5. The summed E-state index contributed by atoms with van der Waals surface area (Å²) in [5, 5.41) is 17.4. The SMILES string of the molecule is C.C.CC1(C)/C=C/c2cccc(c2)-c2nc3ccccc3nc2O[C@@H]2C[C@@H](C(=O)O)N(C2)C(=O)[C@H](C(C)(C)C)NC(=O)OC1.CC[C@@H]1C[C@]1(N)C(=O)NS(=O)(=O)C1CC1.CC[C@@H]1C[C@]1(NC(=O)[C@@H]1C[C@@H]2CN1C(=O)[C@H](C(C)(C)C)NC(=O)OCC(C)(C)/C=C/c1cccc(c1)-c1nc3ccccc3nc1O2)C(=O)NS(=O)(=O)C1CC1.Cl. The highest BCUT2D eigenvalue weighted by molar-refractivity contribution is 7.91. The summed E-state index contributed by atoms with van der Waals surface area (Å²) >= 11 is 0. The molecule has 7 amide bonds. The molecule has 29 nitrogen and oxygen atoms in total. The van der Waals surface area contributed by atoms with E-state index in [1.807, 2.05) is 163 Å². The fraction of sp³-hybridized carbons (Fsp3) is 0.524. The Morgan fingerprint density at radius 1 is 0.569 bits per heavy atom. The van der Waals surface area contributed by atoms with Crippen molar-refractivity contribution in [2.24, 2.45) is 39.2 Å². The van der Waals surface area contributed by atoms with Gasteiger partial charge in [-0.25, -0.2) is 51.2 Å². The lowest BCUT2D eigenvalue weighted by molar-refractivity contribution is -0.150. The molecule has 8 bridgehead atoms. The number of fused-ring (bicyclic) bond motifs is 14. The summed E-state index contributed by atoms with van der Waals surface area (Å²) in [5.74, 6) is -3.85. The van der Waals surface area contributed by atoms with Crippen LogP contribution >= 0.6 is 12.4 Å². The number of hydrogen-bond acceptors (Lipinski definition) is 21. The predicted octanol–water partition coefficient (Wildman–Crippen LogP) is 11.1. The third-order valence-electron chi connectivity index (χ3n) is 21.8. The Bertz CT molecular complexity index is 5040. The normalized spacial score (nSPS) is 26.1. The number of ether oxygens (including phenoxy) is 4.